The second-order valence-electron chi connectivity index (χ2n) is 14.1. The van der Waals surface area contributed by atoms with Gasteiger partial charge >= 0.3 is 18.1 Å². The van der Waals surface area contributed by atoms with Gasteiger partial charge in [-0.25, -0.2) is 14.8 Å². The lowest BCUT2D eigenvalue weighted by Gasteiger charge is -2.53. The van der Waals surface area contributed by atoms with Crippen molar-refractivity contribution in [3.63, 3.8) is 0 Å². The van der Waals surface area contributed by atoms with E-state index in [1.54, 1.807) is 31.0 Å². The zero-order valence-corrected chi connectivity index (χ0v) is 30.5. The van der Waals surface area contributed by atoms with Crippen LogP contribution in [0, 0.1) is 13.8 Å². The van der Waals surface area contributed by atoms with Gasteiger partial charge in [-0.1, -0.05) is 17.6 Å². The molecule has 15 heteroatoms. The molecule has 276 valence electrons. The summed E-state index contributed by atoms with van der Waals surface area (Å²) in [5, 5.41) is 50.4. The number of thioether (sulfide) groups is 1. The van der Waals surface area contributed by atoms with Crippen molar-refractivity contribution in [2.24, 2.45) is 0 Å². The average molecular weight is 737 g/mol. The Kier molecular flexibility index (Phi) is 8.04. The van der Waals surface area contributed by atoms with Crippen molar-refractivity contribution in [1.29, 1.82) is 0 Å². The quantitative estimate of drug-likeness (QED) is 0.148. The Labute approximate surface area is 304 Å². The summed E-state index contributed by atoms with van der Waals surface area (Å²) in [6.07, 6.45) is -0.699. The van der Waals surface area contributed by atoms with Crippen LogP contribution in [0.4, 0.5) is 0 Å². The summed E-state index contributed by atoms with van der Waals surface area (Å²) >= 11 is 1.28. The number of nitrogens with one attached hydrogen (secondary N) is 1. The normalized spacial score (nSPS) is 29.1. The molecule has 0 aromatic heterocycles. The number of likely N-dealkylation sites (N-methyl/N-ethyl adjacent to an activating group) is 1. The van der Waals surface area contributed by atoms with Gasteiger partial charge in [-0.05, 0) is 68.1 Å². The first kappa shape index (κ1) is 34.7. The van der Waals surface area contributed by atoms with Gasteiger partial charge in [-0.2, -0.15) is 0 Å². The van der Waals surface area contributed by atoms with Crippen LogP contribution in [0.15, 0.2) is 18.2 Å². The molecule has 5 N–H and O–H groups in total. The van der Waals surface area contributed by atoms with Crippen LogP contribution in [0.2, 0.25) is 0 Å². The number of piperazine rings is 1. The van der Waals surface area contributed by atoms with Crippen molar-refractivity contribution in [1.82, 2.24) is 10.2 Å². The molecule has 0 aliphatic carbocycles. The maximum Gasteiger partial charge on any atom is 0.363 e. The second kappa shape index (κ2) is 12.1. The summed E-state index contributed by atoms with van der Waals surface area (Å²) < 4.78 is 28.0. The van der Waals surface area contributed by atoms with Crippen LogP contribution in [0.5, 0.6) is 40.2 Å². The number of amides is 1. The average Bonchev–Trinajstić information content (AvgIpc) is 3.63. The molecule has 3 aromatic carbocycles. The van der Waals surface area contributed by atoms with Crippen molar-refractivity contribution < 1.29 is 58.4 Å². The summed E-state index contributed by atoms with van der Waals surface area (Å²) in [4.78, 5) is 31.3. The van der Waals surface area contributed by atoms with Crippen LogP contribution in [0.1, 0.15) is 69.0 Å². The molecule has 2 saturated heterocycles. The number of carbonyl (C=O) groups excluding carboxylic acids is 2. The van der Waals surface area contributed by atoms with E-state index in [1.165, 1.54) is 26.0 Å². The number of benzene rings is 3. The van der Waals surface area contributed by atoms with Crippen LogP contribution in [-0.2, 0) is 32.7 Å². The molecule has 2 fully saturated rings. The molecule has 0 saturated carbocycles. The number of aromatic hydroxyl groups is 3. The molecule has 14 nitrogen and oxygen atoms in total. The van der Waals surface area contributed by atoms with Crippen molar-refractivity contribution in [3.05, 3.63) is 62.7 Å². The van der Waals surface area contributed by atoms with E-state index in [4.69, 9.17) is 23.7 Å². The SMILES string of the molecule is CCc1cc(C)c(OC)c(O)c1C1C2C3SC[C@]4(NCCc5cc(O)c(OC)cc54)C(=O)OC(c4c5c(c(C)c(O)c43)OCO5)[N+]2(O)C(=O)CN1C. The summed E-state index contributed by atoms with van der Waals surface area (Å²) in [6.45, 7) is 5.40. The van der Waals surface area contributed by atoms with Gasteiger partial charge in [0.1, 0.15) is 17.9 Å². The van der Waals surface area contributed by atoms with E-state index in [9.17, 15) is 30.1 Å². The number of fused-ring (bicyclic) bond motifs is 4. The van der Waals surface area contributed by atoms with E-state index in [0.717, 1.165) is 11.1 Å². The number of esters is 1. The molecule has 1 spiro atoms. The number of phenols is 3. The number of hydrogen-bond acceptors (Lipinski definition) is 14. The van der Waals surface area contributed by atoms with Gasteiger partial charge < -0.3 is 39.0 Å². The van der Waals surface area contributed by atoms with Gasteiger partial charge in [-0.3, -0.25) is 10.2 Å². The lowest BCUT2D eigenvalue weighted by molar-refractivity contribution is -1.10. The predicted molar refractivity (Wildman–Crippen MR) is 186 cm³/mol. The molecule has 6 aliphatic rings. The Morgan fingerprint density at radius 2 is 1.79 bits per heavy atom. The highest BCUT2D eigenvalue weighted by Crippen LogP contribution is 2.65. The zero-order valence-electron chi connectivity index (χ0n) is 29.7. The number of phenolic OH excluding ortho intramolecular Hbond substituents is 3. The minimum Gasteiger partial charge on any atom is -0.507 e. The third-order valence-electron chi connectivity index (χ3n) is 11.5. The minimum atomic E-state index is -1.71. The van der Waals surface area contributed by atoms with Crippen LogP contribution >= 0.6 is 11.8 Å². The minimum absolute atomic E-state index is 0.0292. The number of hydroxylamine groups is 3. The van der Waals surface area contributed by atoms with Gasteiger partial charge in [-0.15, -0.1) is 11.8 Å². The fraction of sp³-hybridized carbons (Fsp3) is 0.459. The lowest BCUT2D eigenvalue weighted by atomic mass is 9.79. The van der Waals surface area contributed by atoms with E-state index in [0.29, 0.717) is 47.2 Å². The first-order valence-electron chi connectivity index (χ1n) is 17.2. The fourth-order valence-corrected chi connectivity index (χ4v) is 10.8. The van der Waals surface area contributed by atoms with Crippen molar-refractivity contribution >= 4 is 23.6 Å². The number of ether oxygens (including phenoxy) is 5. The third-order valence-corrected chi connectivity index (χ3v) is 13.0. The molecule has 5 unspecified atom stereocenters. The van der Waals surface area contributed by atoms with Crippen molar-refractivity contribution in [2.75, 3.05) is 46.9 Å². The highest BCUT2D eigenvalue weighted by Gasteiger charge is 2.70. The van der Waals surface area contributed by atoms with Gasteiger partial charge in [0.25, 0.3) is 0 Å². The van der Waals surface area contributed by atoms with Crippen LogP contribution in [0.25, 0.3) is 0 Å². The summed E-state index contributed by atoms with van der Waals surface area (Å²) in [7, 11) is 4.64. The molecule has 6 atom stereocenters. The Morgan fingerprint density at radius 3 is 2.50 bits per heavy atom. The first-order chi connectivity index (χ1) is 24.8. The Bertz CT molecular complexity index is 2060. The zero-order chi connectivity index (χ0) is 37.0. The second-order valence-corrected chi connectivity index (χ2v) is 15.2. The number of quaternary nitrogens is 1. The smallest absolute Gasteiger partial charge is 0.363 e. The van der Waals surface area contributed by atoms with Crippen LogP contribution < -0.4 is 24.3 Å². The van der Waals surface area contributed by atoms with Gasteiger partial charge in [0.2, 0.25) is 6.79 Å². The number of methoxy groups -OCH3 is 2. The molecule has 6 heterocycles. The highest BCUT2D eigenvalue weighted by atomic mass is 32.2. The van der Waals surface area contributed by atoms with Crippen molar-refractivity contribution in [2.45, 2.75) is 62.7 Å². The molecule has 9 rings (SSSR count). The molecular weight excluding hydrogens is 694 g/mol. The third kappa shape index (κ3) is 4.46. The Morgan fingerprint density at radius 1 is 1.04 bits per heavy atom. The van der Waals surface area contributed by atoms with Gasteiger partial charge in [0.05, 0.1) is 25.5 Å². The van der Waals surface area contributed by atoms with Crippen LogP contribution in [-0.4, -0.2) is 94.9 Å². The van der Waals surface area contributed by atoms with E-state index < -0.39 is 45.6 Å². The van der Waals surface area contributed by atoms with E-state index in [2.05, 4.69) is 5.32 Å². The molecule has 52 heavy (non-hydrogen) atoms. The highest BCUT2D eigenvalue weighted by molar-refractivity contribution is 7.99. The van der Waals surface area contributed by atoms with Crippen LogP contribution in [0.3, 0.4) is 0 Å². The van der Waals surface area contributed by atoms with Gasteiger partial charge in [0, 0.05) is 29.0 Å². The van der Waals surface area contributed by atoms with Crippen molar-refractivity contribution in [3.8, 4) is 40.2 Å². The lowest BCUT2D eigenvalue weighted by Crippen LogP contribution is -2.71. The molecule has 0 radical (unpaired) electrons. The van der Waals surface area contributed by atoms with Gasteiger partial charge in [0.15, 0.2) is 46.1 Å². The Hall–Kier alpha value is -4.41. The number of nitrogens with zero attached hydrogens (tertiary/aromatic N) is 2. The van der Waals surface area contributed by atoms with E-state index in [-0.39, 0.29) is 64.9 Å². The number of carbonyl (C=O) groups is 2. The molecule has 6 aliphatic heterocycles. The number of rotatable bonds is 4. The topological polar surface area (TPSA) is 176 Å². The molecule has 3 aromatic rings. The Balaban J connectivity index is 1.43. The molecule has 2 bridgehead atoms. The fourth-order valence-electron chi connectivity index (χ4n) is 9.07. The summed E-state index contributed by atoms with van der Waals surface area (Å²) in [5.41, 5.74) is 2.57. The number of aryl methyl sites for hydroxylation is 2. The molecular formula is C37H42N3O11S+. The standard InChI is InChI=1S/C37H41N3O11S/c1-7-18-10-16(2)31(48-6)30(44)24(18)27-28-34-25-26(33-32(49-15-50-33)17(3)29(25)43)35(40(28,46)23(42)13-39(27)4)51-36(45)37(14-52-34)20-12-22(47-5)21(41)11-19(20)8-9-38-37/h10-12,27-28,34-35,38,46H,7-9,13-15H2,1-6H3,(H2-,41,43,44)/p+1/t27?,28?,34?,35?,37-,40?/m1/s1. The summed E-state index contributed by atoms with van der Waals surface area (Å²) in [5.74, 6) is -0.885. The first-order valence-corrected chi connectivity index (χ1v) is 18.3. The predicted octanol–water partition coefficient (Wildman–Crippen LogP) is 3.90. The van der Waals surface area contributed by atoms with E-state index in [1.807, 2.05) is 19.9 Å². The van der Waals surface area contributed by atoms with E-state index >= 15 is 0 Å². The monoisotopic (exact) mass is 736 g/mol. The maximum atomic E-state index is 15.0. The summed E-state index contributed by atoms with van der Waals surface area (Å²) in [6, 6.07) is 3.14. The molecule has 1 amide bonds. The maximum absolute atomic E-state index is 15.0. The number of hydrogen-bond donors (Lipinski definition) is 5. The largest absolute Gasteiger partial charge is 0.507 e.